The standard InChI is InChI=1S/C25H26FNO3S2/c1-25(2,3)31(28)27-18-21-6-4-5-7-24(21)32(29,30)23-16-12-20(13-17-23)9-8-19-10-14-22(26)15-11-19/h4-17,27H,18H2,1-3H3/b9-8+. The molecule has 0 radical (unpaired) electrons. The van der Waals surface area contributed by atoms with Crippen LogP contribution in [0.5, 0.6) is 0 Å². The van der Waals surface area contributed by atoms with Crippen LogP contribution in [-0.4, -0.2) is 17.7 Å². The number of benzene rings is 3. The molecule has 4 nitrogen and oxygen atoms in total. The fourth-order valence-corrected chi connectivity index (χ4v) is 5.13. The zero-order valence-corrected chi connectivity index (χ0v) is 19.8. The molecule has 32 heavy (non-hydrogen) atoms. The Balaban J connectivity index is 1.80. The Morgan fingerprint density at radius 1 is 0.906 bits per heavy atom. The highest BCUT2D eigenvalue weighted by Crippen LogP contribution is 2.25. The Morgan fingerprint density at radius 3 is 2.00 bits per heavy atom. The van der Waals surface area contributed by atoms with Crippen LogP contribution in [0.2, 0.25) is 0 Å². The van der Waals surface area contributed by atoms with Crippen molar-refractivity contribution in [1.29, 1.82) is 0 Å². The summed E-state index contributed by atoms with van der Waals surface area (Å²) >= 11 is -1.31. The normalized spacial score (nSPS) is 13.4. The predicted molar refractivity (Wildman–Crippen MR) is 128 cm³/mol. The third kappa shape index (κ3) is 6.07. The Morgan fingerprint density at radius 2 is 1.44 bits per heavy atom. The number of hydrogen-bond donors (Lipinski definition) is 1. The first-order valence-corrected chi connectivity index (χ1v) is 12.7. The van der Waals surface area contributed by atoms with Gasteiger partial charge in [-0.25, -0.2) is 12.8 Å². The van der Waals surface area contributed by atoms with Gasteiger partial charge in [-0.05, 0) is 67.8 Å². The summed E-state index contributed by atoms with van der Waals surface area (Å²) in [4.78, 5) is 0.369. The minimum atomic E-state index is -3.75. The molecule has 0 saturated carbocycles. The van der Waals surface area contributed by atoms with Crippen molar-refractivity contribution < 1.29 is 17.4 Å². The molecule has 1 atom stereocenters. The molecule has 0 spiro atoms. The first-order chi connectivity index (χ1) is 15.1. The van der Waals surface area contributed by atoms with Gasteiger partial charge in [0.25, 0.3) is 0 Å². The largest absolute Gasteiger partial charge is 0.598 e. The van der Waals surface area contributed by atoms with Crippen molar-refractivity contribution in [1.82, 2.24) is 4.72 Å². The molecule has 0 aliphatic carbocycles. The molecule has 0 bridgehead atoms. The highest BCUT2D eigenvalue weighted by Gasteiger charge is 2.27. The molecule has 1 N–H and O–H groups in total. The van der Waals surface area contributed by atoms with Crippen LogP contribution in [0.3, 0.4) is 0 Å². The van der Waals surface area contributed by atoms with Crippen LogP contribution < -0.4 is 4.72 Å². The van der Waals surface area contributed by atoms with Crippen molar-refractivity contribution >= 4 is 33.4 Å². The van der Waals surface area contributed by atoms with Crippen molar-refractivity contribution in [3.05, 3.63) is 95.3 Å². The van der Waals surface area contributed by atoms with Gasteiger partial charge in [-0.2, -0.15) is 0 Å². The number of rotatable bonds is 7. The number of hydrogen-bond acceptors (Lipinski definition) is 4. The quantitative estimate of drug-likeness (QED) is 0.371. The zero-order chi connectivity index (χ0) is 23.4. The maximum Gasteiger partial charge on any atom is 0.206 e. The van der Waals surface area contributed by atoms with Gasteiger partial charge in [-0.15, -0.1) is 4.72 Å². The Labute approximate surface area is 192 Å². The summed E-state index contributed by atoms with van der Waals surface area (Å²) in [5.74, 6) is -0.295. The fourth-order valence-electron chi connectivity index (χ4n) is 2.92. The maximum atomic E-state index is 13.3. The third-order valence-corrected chi connectivity index (χ3v) is 8.13. The summed E-state index contributed by atoms with van der Waals surface area (Å²) in [6.45, 7) is 5.73. The van der Waals surface area contributed by atoms with Gasteiger partial charge in [0.05, 0.1) is 16.3 Å². The first-order valence-electron chi connectivity index (χ1n) is 10.1. The second-order valence-corrected chi connectivity index (χ2v) is 12.2. The molecule has 1 unspecified atom stereocenters. The summed E-state index contributed by atoms with van der Waals surface area (Å²) in [7, 11) is -3.75. The van der Waals surface area contributed by atoms with Crippen molar-refractivity contribution in [2.45, 2.75) is 41.9 Å². The monoisotopic (exact) mass is 471 g/mol. The summed E-state index contributed by atoms with van der Waals surface area (Å²) in [5.41, 5.74) is 2.23. The van der Waals surface area contributed by atoms with E-state index in [4.69, 9.17) is 0 Å². The molecule has 0 fully saturated rings. The van der Waals surface area contributed by atoms with Gasteiger partial charge in [0, 0.05) is 11.4 Å². The highest BCUT2D eigenvalue weighted by atomic mass is 32.2. The highest BCUT2D eigenvalue weighted by molar-refractivity contribution is 7.91. The van der Waals surface area contributed by atoms with E-state index in [9.17, 15) is 17.4 Å². The van der Waals surface area contributed by atoms with Gasteiger partial charge in [-0.1, -0.05) is 54.6 Å². The van der Waals surface area contributed by atoms with Crippen LogP contribution in [0, 0.1) is 5.82 Å². The van der Waals surface area contributed by atoms with Crippen molar-refractivity contribution in [2.75, 3.05) is 0 Å². The van der Waals surface area contributed by atoms with Crippen molar-refractivity contribution in [3.63, 3.8) is 0 Å². The van der Waals surface area contributed by atoms with E-state index in [1.54, 1.807) is 60.7 Å². The van der Waals surface area contributed by atoms with Crippen molar-refractivity contribution in [2.24, 2.45) is 0 Å². The third-order valence-electron chi connectivity index (χ3n) is 4.74. The molecule has 3 aromatic carbocycles. The predicted octanol–water partition coefficient (Wildman–Crippen LogP) is 5.38. The summed E-state index contributed by atoms with van der Waals surface area (Å²) in [6, 6.07) is 19.4. The minimum absolute atomic E-state index is 0.178. The molecular weight excluding hydrogens is 445 g/mol. The number of halogens is 1. The van der Waals surface area contributed by atoms with Gasteiger partial charge >= 0.3 is 0 Å². The molecule has 0 aromatic heterocycles. The molecule has 0 aliphatic heterocycles. The average molecular weight is 472 g/mol. The second-order valence-electron chi connectivity index (χ2n) is 8.27. The van der Waals surface area contributed by atoms with E-state index in [0.717, 1.165) is 11.1 Å². The molecule has 7 heteroatoms. The zero-order valence-electron chi connectivity index (χ0n) is 18.2. The van der Waals surface area contributed by atoms with Crippen molar-refractivity contribution in [3.8, 4) is 0 Å². The van der Waals surface area contributed by atoms with Crippen LogP contribution in [0.25, 0.3) is 12.2 Å². The van der Waals surface area contributed by atoms with E-state index in [1.165, 1.54) is 12.1 Å². The summed E-state index contributed by atoms with van der Waals surface area (Å²) in [6.07, 6.45) is 3.67. The molecule has 168 valence electrons. The van der Waals surface area contributed by atoms with Crippen LogP contribution in [0.1, 0.15) is 37.5 Å². The Bertz CT molecular complexity index is 1180. The Hall–Kier alpha value is -2.45. The molecule has 3 rings (SSSR count). The van der Waals surface area contributed by atoms with E-state index in [-0.39, 0.29) is 22.2 Å². The lowest BCUT2D eigenvalue weighted by atomic mass is 10.1. The minimum Gasteiger partial charge on any atom is -0.598 e. The van der Waals surface area contributed by atoms with E-state index in [2.05, 4.69) is 4.72 Å². The van der Waals surface area contributed by atoms with E-state index in [1.807, 2.05) is 32.9 Å². The molecular formula is C25H26FNO3S2. The van der Waals surface area contributed by atoms with E-state index in [0.29, 0.717) is 5.56 Å². The lowest BCUT2D eigenvalue weighted by Gasteiger charge is -2.24. The van der Waals surface area contributed by atoms with Gasteiger partial charge < -0.3 is 4.55 Å². The fraction of sp³-hybridized carbons (Fsp3) is 0.200. The SMILES string of the molecule is CC(C)(C)[S+]([O-])NCc1ccccc1S(=O)(=O)c1ccc(/C=C/c2ccc(F)cc2)cc1. The van der Waals surface area contributed by atoms with Gasteiger partial charge in [-0.3, -0.25) is 0 Å². The lowest BCUT2D eigenvalue weighted by Crippen LogP contribution is -2.39. The van der Waals surface area contributed by atoms with Gasteiger partial charge in [0.15, 0.2) is 0 Å². The summed E-state index contributed by atoms with van der Waals surface area (Å²) in [5, 5.41) is 0. The number of sulfone groups is 1. The van der Waals surface area contributed by atoms with Crippen LogP contribution in [0.4, 0.5) is 4.39 Å². The number of nitrogens with one attached hydrogen (secondary N) is 1. The lowest BCUT2D eigenvalue weighted by molar-refractivity contribution is 0.543. The molecule has 0 aliphatic rings. The molecule has 0 saturated heterocycles. The van der Waals surface area contributed by atoms with Gasteiger partial charge in [0.2, 0.25) is 9.84 Å². The van der Waals surface area contributed by atoms with Crippen LogP contribution >= 0.6 is 0 Å². The second kappa shape index (κ2) is 10.0. The van der Waals surface area contributed by atoms with Crippen LogP contribution in [-0.2, 0) is 27.7 Å². The van der Waals surface area contributed by atoms with E-state index < -0.39 is 25.9 Å². The molecule has 3 aromatic rings. The molecule has 0 heterocycles. The topological polar surface area (TPSA) is 69.2 Å². The maximum absolute atomic E-state index is 13.3. The van der Waals surface area contributed by atoms with Gasteiger partial charge in [0.1, 0.15) is 10.6 Å². The van der Waals surface area contributed by atoms with Crippen LogP contribution in [0.15, 0.2) is 82.6 Å². The Kier molecular flexibility index (Phi) is 7.56. The van der Waals surface area contributed by atoms with E-state index >= 15 is 0 Å². The average Bonchev–Trinajstić information content (AvgIpc) is 2.77. The first kappa shape index (κ1) is 24.2. The summed E-state index contributed by atoms with van der Waals surface area (Å²) < 4.78 is 54.3. The molecule has 0 amide bonds. The smallest absolute Gasteiger partial charge is 0.206 e.